The third kappa shape index (κ3) is 3.12. The van der Waals surface area contributed by atoms with Crippen LogP contribution in [0.5, 0.6) is 5.75 Å². The molecule has 2 N–H and O–H groups in total. The van der Waals surface area contributed by atoms with Crippen molar-refractivity contribution in [3.8, 4) is 5.75 Å². The molecule has 0 radical (unpaired) electrons. The summed E-state index contributed by atoms with van der Waals surface area (Å²) in [6, 6.07) is 10.6. The third-order valence-corrected chi connectivity index (χ3v) is 3.19. The van der Waals surface area contributed by atoms with Gasteiger partial charge in [0.05, 0.1) is 0 Å². The molecule has 0 bridgehead atoms. The van der Waals surface area contributed by atoms with E-state index >= 15 is 0 Å². The van der Waals surface area contributed by atoms with Crippen LogP contribution in [-0.4, -0.2) is 0 Å². The number of hydrogen-bond donors (Lipinski definition) is 1. The molecular formula is C16H18FNO. The Morgan fingerprint density at radius 3 is 2.53 bits per heavy atom. The molecule has 0 amide bonds. The third-order valence-electron chi connectivity index (χ3n) is 3.19. The summed E-state index contributed by atoms with van der Waals surface area (Å²) in [5, 5.41) is 0. The molecule has 0 fully saturated rings. The normalized spacial score (nSPS) is 10.5. The Labute approximate surface area is 113 Å². The van der Waals surface area contributed by atoms with Crippen LogP contribution in [0.1, 0.15) is 22.3 Å². The zero-order valence-corrected chi connectivity index (χ0v) is 11.2. The largest absolute Gasteiger partial charge is 0.488 e. The minimum absolute atomic E-state index is 0.222. The van der Waals surface area contributed by atoms with Gasteiger partial charge in [-0.1, -0.05) is 24.3 Å². The van der Waals surface area contributed by atoms with Gasteiger partial charge >= 0.3 is 0 Å². The Morgan fingerprint density at radius 2 is 1.84 bits per heavy atom. The Morgan fingerprint density at radius 1 is 1.05 bits per heavy atom. The summed E-state index contributed by atoms with van der Waals surface area (Å²) in [6.45, 7) is 4.73. The van der Waals surface area contributed by atoms with E-state index in [1.54, 1.807) is 6.07 Å². The lowest BCUT2D eigenvalue weighted by Crippen LogP contribution is -2.05. The van der Waals surface area contributed by atoms with E-state index in [2.05, 4.69) is 0 Å². The molecule has 2 aromatic rings. The number of aryl methyl sites for hydroxylation is 2. The van der Waals surface area contributed by atoms with Crippen LogP contribution in [0.3, 0.4) is 0 Å². The lowest BCUT2D eigenvalue weighted by atomic mass is 10.1. The molecular weight excluding hydrogens is 241 g/mol. The maximum atomic E-state index is 13.0. The van der Waals surface area contributed by atoms with Crippen LogP contribution in [0.4, 0.5) is 4.39 Å². The standard InChI is InChI=1S/C16H18FNO/c1-11-4-3-5-13(9-18)16(11)19-10-14-6-7-15(17)8-12(14)2/h3-8H,9-10,18H2,1-2H3. The second-order valence-corrected chi connectivity index (χ2v) is 4.63. The molecule has 100 valence electrons. The van der Waals surface area contributed by atoms with Gasteiger partial charge in [0.25, 0.3) is 0 Å². The smallest absolute Gasteiger partial charge is 0.127 e. The molecule has 2 aromatic carbocycles. The quantitative estimate of drug-likeness (QED) is 0.912. The molecule has 0 heterocycles. The minimum Gasteiger partial charge on any atom is -0.488 e. The lowest BCUT2D eigenvalue weighted by molar-refractivity contribution is 0.300. The Bertz CT molecular complexity index is 581. The van der Waals surface area contributed by atoms with Gasteiger partial charge < -0.3 is 10.5 Å². The lowest BCUT2D eigenvalue weighted by Gasteiger charge is -2.14. The van der Waals surface area contributed by atoms with Gasteiger partial charge in [-0.15, -0.1) is 0 Å². The summed E-state index contributed by atoms with van der Waals surface area (Å²) in [4.78, 5) is 0. The highest BCUT2D eigenvalue weighted by atomic mass is 19.1. The fourth-order valence-corrected chi connectivity index (χ4v) is 2.05. The average molecular weight is 259 g/mol. The molecule has 2 rings (SSSR count). The Kier molecular flexibility index (Phi) is 4.17. The Hall–Kier alpha value is -1.87. The van der Waals surface area contributed by atoms with Gasteiger partial charge in [0.1, 0.15) is 18.2 Å². The second kappa shape index (κ2) is 5.85. The van der Waals surface area contributed by atoms with Crippen molar-refractivity contribution in [2.24, 2.45) is 5.73 Å². The number of nitrogens with two attached hydrogens (primary N) is 1. The average Bonchev–Trinajstić information content (AvgIpc) is 2.39. The van der Waals surface area contributed by atoms with E-state index in [0.717, 1.165) is 28.0 Å². The molecule has 0 aliphatic carbocycles. The summed E-state index contributed by atoms with van der Waals surface area (Å²) >= 11 is 0. The number of halogens is 1. The SMILES string of the molecule is Cc1cc(F)ccc1COc1c(C)cccc1CN. The van der Waals surface area contributed by atoms with Gasteiger partial charge in [-0.3, -0.25) is 0 Å². The topological polar surface area (TPSA) is 35.2 Å². The number of rotatable bonds is 4. The van der Waals surface area contributed by atoms with E-state index in [1.165, 1.54) is 12.1 Å². The first-order chi connectivity index (χ1) is 9.11. The summed E-state index contributed by atoms with van der Waals surface area (Å²) in [7, 11) is 0. The zero-order chi connectivity index (χ0) is 13.8. The predicted octanol–water partition coefficient (Wildman–Crippen LogP) is 3.48. The van der Waals surface area contributed by atoms with Gasteiger partial charge in [0.2, 0.25) is 0 Å². The highest BCUT2D eigenvalue weighted by molar-refractivity contribution is 5.41. The van der Waals surface area contributed by atoms with Crippen molar-refractivity contribution in [1.82, 2.24) is 0 Å². The van der Waals surface area contributed by atoms with Gasteiger partial charge in [-0.25, -0.2) is 4.39 Å². The molecule has 0 unspecified atom stereocenters. The van der Waals surface area contributed by atoms with Crippen LogP contribution < -0.4 is 10.5 Å². The number of ether oxygens (including phenoxy) is 1. The molecule has 19 heavy (non-hydrogen) atoms. The van der Waals surface area contributed by atoms with Crippen molar-refractivity contribution in [1.29, 1.82) is 0 Å². The maximum absolute atomic E-state index is 13.0. The van der Waals surface area contributed by atoms with Gasteiger partial charge in [-0.05, 0) is 42.7 Å². The van der Waals surface area contributed by atoms with Crippen LogP contribution in [-0.2, 0) is 13.2 Å². The molecule has 0 saturated heterocycles. The summed E-state index contributed by atoms with van der Waals surface area (Å²) in [5.41, 5.74) is 9.62. The zero-order valence-electron chi connectivity index (χ0n) is 11.2. The monoisotopic (exact) mass is 259 g/mol. The first-order valence-electron chi connectivity index (χ1n) is 6.28. The molecule has 3 heteroatoms. The number of benzene rings is 2. The van der Waals surface area contributed by atoms with E-state index in [-0.39, 0.29) is 5.82 Å². The van der Waals surface area contributed by atoms with Crippen LogP contribution in [0.15, 0.2) is 36.4 Å². The molecule has 0 spiro atoms. The van der Waals surface area contributed by atoms with Crippen LogP contribution in [0.2, 0.25) is 0 Å². The van der Waals surface area contributed by atoms with E-state index in [9.17, 15) is 4.39 Å². The predicted molar refractivity (Wildman–Crippen MR) is 74.5 cm³/mol. The minimum atomic E-state index is -0.222. The first kappa shape index (κ1) is 13.6. The molecule has 0 aliphatic rings. The van der Waals surface area contributed by atoms with Gasteiger partial charge in [-0.2, -0.15) is 0 Å². The molecule has 0 aromatic heterocycles. The van der Waals surface area contributed by atoms with E-state index in [4.69, 9.17) is 10.5 Å². The first-order valence-corrected chi connectivity index (χ1v) is 6.28. The van der Waals surface area contributed by atoms with Crippen LogP contribution >= 0.6 is 0 Å². The van der Waals surface area contributed by atoms with Crippen molar-refractivity contribution in [2.75, 3.05) is 0 Å². The Balaban J connectivity index is 2.19. The van der Waals surface area contributed by atoms with Crippen LogP contribution in [0, 0.1) is 19.7 Å². The second-order valence-electron chi connectivity index (χ2n) is 4.63. The molecule has 0 aliphatic heterocycles. The van der Waals surface area contributed by atoms with Crippen molar-refractivity contribution >= 4 is 0 Å². The fourth-order valence-electron chi connectivity index (χ4n) is 2.05. The highest BCUT2D eigenvalue weighted by Gasteiger charge is 2.07. The van der Waals surface area contributed by atoms with Crippen molar-refractivity contribution in [3.05, 3.63) is 64.5 Å². The summed E-state index contributed by atoms with van der Waals surface area (Å²) < 4.78 is 18.9. The fraction of sp³-hybridized carbons (Fsp3) is 0.250. The van der Waals surface area contributed by atoms with Gasteiger partial charge in [0.15, 0.2) is 0 Å². The maximum Gasteiger partial charge on any atom is 0.127 e. The van der Waals surface area contributed by atoms with Crippen LogP contribution in [0.25, 0.3) is 0 Å². The van der Waals surface area contributed by atoms with E-state index in [1.807, 2.05) is 32.0 Å². The van der Waals surface area contributed by atoms with Crippen molar-refractivity contribution in [2.45, 2.75) is 27.0 Å². The molecule has 2 nitrogen and oxygen atoms in total. The summed E-state index contributed by atoms with van der Waals surface area (Å²) in [6.07, 6.45) is 0. The number of hydrogen-bond acceptors (Lipinski definition) is 2. The van der Waals surface area contributed by atoms with E-state index in [0.29, 0.717) is 13.2 Å². The van der Waals surface area contributed by atoms with Crippen molar-refractivity contribution in [3.63, 3.8) is 0 Å². The highest BCUT2D eigenvalue weighted by Crippen LogP contribution is 2.24. The summed E-state index contributed by atoms with van der Waals surface area (Å²) in [5.74, 6) is 0.605. The van der Waals surface area contributed by atoms with E-state index < -0.39 is 0 Å². The molecule has 0 saturated carbocycles. The number of para-hydroxylation sites is 1. The van der Waals surface area contributed by atoms with Gasteiger partial charge in [0, 0.05) is 12.1 Å². The van der Waals surface area contributed by atoms with Crippen molar-refractivity contribution < 1.29 is 9.13 Å². The molecule has 0 atom stereocenters.